The van der Waals surface area contributed by atoms with Gasteiger partial charge in [-0.25, -0.2) is 0 Å². The minimum atomic E-state index is -0.577. The molecule has 0 radical (unpaired) electrons. The second-order valence-electron chi connectivity index (χ2n) is 15.3. The van der Waals surface area contributed by atoms with Crippen LogP contribution in [0.15, 0.2) is 97.2 Å². The predicted molar refractivity (Wildman–Crippen MR) is 251 cm³/mol. The van der Waals surface area contributed by atoms with E-state index in [1.54, 1.807) is 0 Å². The predicted octanol–water partition coefficient (Wildman–Crippen LogP) is 15.9. The van der Waals surface area contributed by atoms with Crippen molar-refractivity contribution in [3.63, 3.8) is 0 Å². The number of carbonyl (C=O) groups excluding carboxylic acids is 2. The lowest BCUT2D eigenvalue weighted by Crippen LogP contribution is -2.30. The van der Waals surface area contributed by atoms with E-state index in [9.17, 15) is 9.59 Å². The highest BCUT2D eigenvalue weighted by atomic mass is 16.6. The molecule has 0 bridgehead atoms. The van der Waals surface area contributed by atoms with Crippen molar-refractivity contribution in [2.24, 2.45) is 0 Å². The van der Waals surface area contributed by atoms with Crippen LogP contribution in [0.1, 0.15) is 201 Å². The van der Waals surface area contributed by atoms with E-state index in [0.717, 1.165) is 103 Å². The van der Waals surface area contributed by atoms with Crippen LogP contribution in [0, 0.1) is 0 Å². The Balaban J connectivity index is 4.37. The van der Waals surface area contributed by atoms with Gasteiger partial charge in [-0.2, -0.15) is 0 Å². The summed E-state index contributed by atoms with van der Waals surface area (Å²) in [6.07, 6.45) is 64.2. The molecule has 0 fully saturated rings. The van der Waals surface area contributed by atoms with Gasteiger partial charge in [-0.3, -0.25) is 9.59 Å². The normalized spacial score (nSPS) is 13.1. The molecule has 0 N–H and O–H groups in total. The minimum absolute atomic E-state index is 0.0495. The van der Waals surface area contributed by atoms with Gasteiger partial charge in [-0.1, -0.05) is 182 Å². The SMILES string of the molecule is CC/C=C\C/C=C\C/C=C\C/C=C\C/C=C\C/C=C\CCCOCC(COC(=O)CCCCCCC/C=C\CCCC)OC(=O)CCCCCCC/C=C\CCCC. The molecule has 330 valence electrons. The molecule has 0 aliphatic carbocycles. The van der Waals surface area contributed by atoms with Gasteiger partial charge in [0.15, 0.2) is 6.10 Å². The third kappa shape index (κ3) is 45.5. The molecule has 1 atom stereocenters. The third-order valence-corrected chi connectivity index (χ3v) is 9.57. The van der Waals surface area contributed by atoms with Crippen LogP contribution in [0.25, 0.3) is 0 Å². The number of hydrogen-bond acceptors (Lipinski definition) is 5. The van der Waals surface area contributed by atoms with Crippen molar-refractivity contribution in [1.29, 1.82) is 0 Å². The van der Waals surface area contributed by atoms with Crippen LogP contribution in [0.5, 0.6) is 0 Å². The monoisotopic (exact) mass is 805 g/mol. The standard InChI is InChI=1S/C53H88O5/c1-4-7-10-13-16-19-22-23-24-25-26-27-28-29-30-33-36-39-42-45-48-56-49-51(58-53(55)47-44-41-38-35-32-21-18-15-12-9-6-3)50-57-52(54)46-43-40-37-34-31-20-17-14-11-8-5-2/h7,10,14-19,23-24,26-27,29-30,36,39,51H,4-6,8-9,11-13,20-22,25,28,31-35,37-38,40-50H2,1-3H3/b10-7-,17-14-,18-15-,19-16-,24-23-,27-26-,30-29-,39-36-. The second kappa shape index (κ2) is 48.2. The molecule has 58 heavy (non-hydrogen) atoms. The lowest BCUT2D eigenvalue weighted by Gasteiger charge is -2.18. The highest BCUT2D eigenvalue weighted by molar-refractivity contribution is 5.70. The van der Waals surface area contributed by atoms with Crippen molar-refractivity contribution >= 4 is 11.9 Å². The summed E-state index contributed by atoms with van der Waals surface area (Å²) in [6.45, 7) is 7.46. The van der Waals surface area contributed by atoms with Crippen molar-refractivity contribution in [3.8, 4) is 0 Å². The largest absolute Gasteiger partial charge is 0.462 e. The highest BCUT2D eigenvalue weighted by Crippen LogP contribution is 2.12. The van der Waals surface area contributed by atoms with Crippen molar-refractivity contribution in [2.75, 3.05) is 19.8 Å². The van der Waals surface area contributed by atoms with Crippen molar-refractivity contribution in [2.45, 2.75) is 207 Å². The van der Waals surface area contributed by atoms with Crippen LogP contribution in [0.2, 0.25) is 0 Å². The Bertz CT molecular complexity index is 1140. The first-order chi connectivity index (χ1) is 28.6. The first-order valence-corrected chi connectivity index (χ1v) is 23.8. The molecule has 0 saturated heterocycles. The second-order valence-corrected chi connectivity index (χ2v) is 15.3. The van der Waals surface area contributed by atoms with Gasteiger partial charge in [0, 0.05) is 19.4 Å². The molecule has 0 spiro atoms. The van der Waals surface area contributed by atoms with Crippen LogP contribution in [-0.4, -0.2) is 37.9 Å². The molecule has 1 unspecified atom stereocenters. The first kappa shape index (κ1) is 54.8. The fourth-order valence-electron chi connectivity index (χ4n) is 6.02. The van der Waals surface area contributed by atoms with Gasteiger partial charge in [-0.05, 0) is 103 Å². The fourth-order valence-corrected chi connectivity index (χ4v) is 6.02. The number of hydrogen-bond donors (Lipinski definition) is 0. The van der Waals surface area contributed by atoms with Crippen molar-refractivity contribution < 1.29 is 23.8 Å². The maximum absolute atomic E-state index is 12.7. The van der Waals surface area contributed by atoms with Crippen LogP contribution < -0.4 is 0 Å². The number of ether oxygens (including phenoxy) is 3. The zero-order valence-electron chi connectivity index (χ0n) is 37.8. The summed E-state index contributed by atoms with van der Waals surface area (Å²) in [7, 11) is 0. The van der Waals surface area contributed by atoms with E-state index in [1.807, 2.05) is 0 Å². The van der Waals surface area contributed by atoms with Crippen molar-refractivity contribution in [3.05, 3.63) is 97.2 Å². The molecule has 0 heterocycles. The summed E-state index contributed by atoms with van der Waals surface area (Å²) in [5, 5.41) is 0. The van der Waals surface area contributed by atoms with E-state index in [-0.39, 0.29) is 25.2 Å². The smallest absolute Gasteiger partial charge is 0.306 e. The van der Waals surface area contributed by atoms with Gasteiger partial charge in [0.05, 0.1) is 6.61 Å². The van der Waals surface area contributed by atoms with Crippen LogP contribution in [0.3, 0.4) is 0 Å². The summed E-state index contributed by atoms with van der Waals surface area (Å²) in [5.74, 6) is -0.459. The molecule has 0 rings (SSSR count). The van der Waals surface area contributed by atoms with Crippen LogP contribution in [-0.2, 0) is 23.8 Å². The molecule has 0 amide bonds. The van der Waals surface area contributed by atoms with Crippen molar-refractivity contribution in [1.82, 2.24) is 0 Å². The quantitative estimate of drug-likeness (QED) is 0.0349. The average Bonchev–Trinajstić information content (AvgIpc) is 3.22. The molecule has 0 saturated carbocycles. The molecule has 5 nitrogen and oxygen atoms in total. The summed E-state index contributed by atoms with van der Waals surface area (Å²) in [5.41, 5.74) is 0. The number of carbonyl (C=O) groups is 2. The molecule has 0 aromatic heterocycles. The van der Waals surface area contributed by atoms with Gasteiger partial charge in [0.1, 0.15) is 6.61 Å². The Morgan fingerprint density at radius 2 is 0.776 bits per heavy atom. The molecule has 0 aliphatic heterocycles. The van der Waals surface area contributed by atoms with Gasteiger partial charge in [0.25, 0.3) is 0 Å². The van der Waals surface area contributed by atoms with Gasteiger partial charge in [-0.15, -0.1) is 0 Å². The molecule has 0 aliphatic rings. The zero-order valence-corrected chi connectivity index (χ0v) is 37.8. The zero-order chi connectivity index (χ0) is 42.1. The number of unbranched alkanes of at least 4 members (excludes halogenated alkanes) is 15. The molecule has 5 heteroatoms. The third-order valence-electron chi connectivity index (χ3n) is 9.57. The topological polar surface area (TPSA) is 61.8 Å². The molecular weight excluding hydrogens is 717 g/mol. The summed E-state index contributed by atoms with van der Waals surface area (Å²) < 4.78 is 17.2. The highest BCUT2D eigenvalue weighted by Gasteiger charge is 2.17. The summed E-state index contributed by atoms with van der Waals surface area (Å²) in [6, 6.07) is 0. The maximum Gasteiger partial charge on any atom is 0.306 e. The Morgan fingerprint density at radius 3 is 1.26 bits per heavy atom. The average molecular weight is 805 g/mol. The van der Waals surface area contributed by atoms with E-state index in [4.69, 9.17) is 14.2 Å². The molecule has 0 aromatic carbocycles. The van der Waals surface area contributed by atoms with Gasteiger partial charge < -0.3 is 14.2 Å². The Hall–Kier alpha value is -3.18. The number of allylic oxidation sites excluding steroid dienone is 16. The van der Waals surface area contributed by atoms with E-state index >= 15 is 0 Å². The van der Waals surface area contributed by atoms with Crippen LogP contribution >= 0.6 is 0 Å². The lowest BCUT2D eigenvalue weighted by atomic mass is 10.1. The summed E-state index contributed by atoms with van der Waals surface area (Å²) >= 11 is 0. The lowest BCUT2D eigenvalue weighted by molar-refractivity contribution is -0.163. The fraction of sp³-hybridized carbons (Fsp3) is 0.660. The maximum atomic E-state index is 12.7. The Morgan fingerprint density at radius 1 is 0.397 bits per heavy atom. The van der Waals surface area contributed by atoms with E-state index in [2.05, 4.69) is 118 Å². The first-order valence-electron chi connectivity index (χ1n) is 23.8. The van der Waals surface area contributed by atoms with Crippen LogP contribution in [0.4, 0.5) is 0 Å². The van der Waals surface area contributed by atoms with E-state index < -0.39 is 6.10 Å². The Kier molecular flexibility index (Phi) is 45.5. The van der Waals surface area contributed by atoms with E-state index in [0.29, 0.717) is 19.4 Å². The Labute approximate surface area is 358 Å². The summed E-state index contributed by atoms with van der Waals surface area (Å²) in [4.78, 5) is 25.2. The number of esters is 2. The van der Waals surface area contributed by atoms with E-state index in [1.165, 1.54) is 64.2 Å². The van der Waals surface area contributed by atoms with Gasteiger partial charge >= 0.3 is 11.9 Å². The molecular formula is C53H88O5. The number of rotatable bonds is 42. The minimum Gasteiger partial charge on any atom is -0.462 e. The van der Waals surface area contributed by atoms with Gasteiger partial charge in [0.2, 0.25) is 0 Å². The molecule has 0 aromatic rings.